The number of ketones is 2. The van der Waals surface area contributed by atoms with E-state index in [1.165, 1.54) is 13.8 Å². The van der Waals surface area contributed by atoms with Gasteiger partial charge >= 0.3 is 0 Å². The SMILES string of the molecule is CC(=O)CCC(C)=O.Nc1ccccc1. The monoisotopic (exact) mass is 207 g/mol. The molecule has 3 nitrogen and oxygen atoms in total. The molecule has 15 heavy (non-hydrogen) atoms. The number of hydrogen-bond donors (Lipinski definition) is 1. The van der Waals surface area contributed by atoms with Gasteiger partial charge < -0.3 is 15.3 Å². The third-order valence-corrected chi connectivity index (χ3v) is 1.63. The molecule has 0 radical (unpaired) electrons. The fraction of sp³-hybridized carbons (Fsp3) is 0.333. The summed E-state index contributed by atoms with van der Waals surface area (Å²) in [6.45, 7) is 2.98. The topological polar surface area (TPSA) is 60.2 Å². The Morgan fingerprint density at radius 1 is 1.00 bits per heavy atom. The van der Waals surface area contributed by atoms with E-state index in [1.54, 1.807) is 0 Å². The van der Waals surface area contributed by atoms with Crippen LogP contribution in [0.5, 0.6) is 0 Å². The van der Waals surface area contributed by atoms with Crippen molar-refractivity contribution in [3.8, 4) is 0 Å². The Bertz CT molecular complexity index is 293. The lowest BCUT2D eigenvalue weighted by Crippen LogP contribution is -1.95. The number of anilines is 1. The van der Waals surface area contributed by atoms with Crippen molar-refractivity contribution in [2.75, 3.05) is 5.73 Å². The maximum Gasteiger partial charge on any atom is 0.130 e. The van der Waals surface area contributed by atoms with Gasteiger partial charge in [-0.2, -0.15) is 0 Å². The summed E-state index contributed by atoms with van der Waals surface area (Å²) >= 11 is 0. The summed E-state index contributed by atoms with van der Waals surface area (Å²) in [6.07, 6.45) is 0.796. The molecule has 3 heteroatoms. The van der Waals surface area contributed by atoms with Crippen LogP contribution in [0.3, 0.4) is 0 Å². The van der Waals surface area contributed by atoms with E-state index in [0.717, 1.165) is 5.69 Å². The minimum Gasteiger partial charge on any atom is -0.399 e. The lowest BCUT2D eigenvalue weighted by Gasteiger charge is -1.86. The highest BCUT2D eigenvalue weighted by Gasteiger charge is 1.95. The molecule has 1 aromatic rings. The van der Waals surface area contributed by atoms with Crippen molar-refractivity contribution in [1.29, 1.82) is 0 Å². The molecule has 0 aromatic heterocycles. The van der Waals surface area contributed by atoms with Gasteiger partial charge in [0.1, 0.15) is 11.6 Å². The lowest BCUT2D eigenvalue weighted by atomic mass is 10.2. The second-order valence-corrected chi connectivity index (χ2v) is 3.31. The quantitative estimate of drug-likeness (QED) is 0.773. The number of nitrogen functional groups attached to an aromatic ring is 1. The third-order valence-electron chi connectivity index (χ3n) is 1.63. The molecule has 0 aliphatic rings. The molecule has 0 unspecified atom stereocenters. The van der Waals surface area contributed by atoms with Gasteiger partial charge in [0.2, 0.25) is 0 Å². The average Bonchev–Trinajstić information content (AvgIpc) is 2.17. The van der Waals surface area contributed by atoms with Gasteiger partial charge in [-0.3, -0.25) is 0 Å². The molecule has 2 N–H and O–H groups in total. The molecular weight excluding hydrogens is 190 g/mol. The zero-order valence-corrected chi connectivity index (χ0v) is 9.19. The van der Waals surface area contributed by atoms with Gasteiger partial charge in [0.05, 0.1) is 0 Å². The number of carbonyl (C=O) groups is 2. The Hall–Kier alpha value is -1.64. The number of hydrogen-bond acceptors (Lipinski definition) is 3. The van der Waals surface area contributed by atoms with Crippen LogP contribution in [0, 0.1) is 0 Å². The Morgan fingerprint density at radius 2 is 1.40 bits per heavy atom. The van der Waals surface area contributed by atoms with E-state index in [1.807, 2.05) is 30.3 Å². The van der Waals surface area contributed by atoms with Crippen LogP contribution in [-0.2, 0) is 9.59 Å². The van der Waals surface area contributed by atoms with Crippen LogP contribution in [0.25, 0.3) is 0 Å². The van der Waals surface area contributed by atoms with E-state index in [2.05, 4.69) is 0 Å². The molecule has 0 atom stereocenters. The predicted molar refractivity (Wildman–Crippen MR) is 61.5 cm³/mol. The summed E-state index contributed by atoms with van der Waals surface area (Å²) in [5, 5.41) is 0. The molecule has 0 amide bonds. The van der Waals surface area contributed by atoms with Crippen LogP contribution in [0.2, 0.25) is 0 Å². The smallest absolute Gasteiger partial charge is 0.130 e. The molecular formula is C12H17NO2. The Labute approximate surface area is 90.3 Å². The van der Waals surface area contributed by atoms with Crippen molar-refractivity contribution in [2.45, 2.75) is 26.7 Å². The van der Waals surface area contributed by atoms with Crippen LogP contribution in [0.1, 0.15) is 26.7 Å². The summed E-state index contributed by atoms with van der Waals surface area (Å²) in [5.74, 6) is 0.167. The summed E-state index contributed by atoms with van der Waals surface area (Å²) < 4.78 is 0. The highest BCUT2D eigenvalue weighted by Crippen LogP contribution is 1.95. The van der Waals surface area contributed by atoms with Crippen molar-refractivity contribution < 1.29 is 9.59 Å². The Kier molecular flexibility index (Phi) is 6.89. The second-order valence-electron chi connectivity index (χ2n) is 3.31. The standard InChI is InChI=1S/C6H7N.C6H10O2/c7-6-4-2-1-3-5-6;1-5(7)3-4-6(2)8/h1-5H,7H2;3-4H2,1-2H3. The maximum atomic E-state index is 10.2. The molecule has 0 aliphatic carbocycles. The van der Waals surface area contributed by atoms with E-state index < -0.39 is 0 Å². The number of para-hydroxylation sites is 1. The fourth-order valence-electron chi connectivity index (χ4n) is 0.805. The number of carbonyl (C=O) groups excluding carboxylic acids is 2. The summed E-state index contributed by atoms with van der Waals surface area (Å²) in [4.78, 5) is 20.4. The largest absolute Gasteiger partial charge is 0.399 e. The van der Waals surface area contributed by atoms with Crippen molar-refractivity contribution in [2.24, 2.45) is 0 Å². The predicted octanol–water partition coefficient (Wildman–Crippen LogP) is 2.21. The molecule has 82 valence electrons. The van der Waals surface area contributed by atoms with E-state index in [0.29, 0.717) is 12.8 Å². The Morgan fingerprint density at radius 3 is 1.60 bits per heavy atom. The minimum absolute atomic E-state index is 0.0835. The highest BCUT2D eigenvalue weighted by molar-refractivity contribution is 5.83. The molecule has 0 aliphatic heterocycles. The van der Waals surface area contributed by atoms with E-state index in [9.17, 15) is 9.59 Å². The van der Waals surface area contributed by atoms with Gasteiger partial charge in [0.15, 0.2) is 0 Å². The number of Topliss-reactive ketones (excluding diaryl/α,β-unsaturated/α-hetero) is 2. The molecule has 0 saturated carbocycles. The van der Waals surface area contributed by atoms with Gasteiger partial charge in [0, 0.05) is 18.5 Å². The second kappa shape index (κ2) is 7.74. The van der Waals surface area contributed by atoms with Gasteiger partial charge in [-0.25, -0.2) is 0 Å². The van der Waals surface area contributed by atoms with Gasteiger partial charge in [0.25, 0.3) is 0 Å². The molecule has 0 spiro atoms. The first kappa shape index (κ1) is 13.4. The lowest BCUT2D eigenvalue weighted by molar-refractivity contribution is -0.122. The first-order valence-electron chi connectivity index (χ1n) is 4.81. The van der Waals surface area contributed by atoms with E-state index in [4.69, 9.17) is 5.73 Å². The summed E-state index contributed by atoms with van der Waals surface area (Å²) in [7, 11) is 0. The maximum absolute atomic E-state index is 10.2. The third kappa shape index (κ3) is 10.3. The fourth-order valence-corrected chi connectivity index (χ4v) is 0.805. The van der Waals surface area contributed by atoms with Crippen molar-refractivity contribution in [3.63, 3.8) is 0 Å². The molecule has 0 bridgehead atoms. The van der Waals surface area contributed by atoms with E-state index in [-0.39, 0.29) is 11.6 Å². The normalized spacial score (nSPS) is 8.67. The molecule has 1 aromatic carbocycles. The van der Waals surface area contributed by atoms with Crippen LogP contribution >= 0.6 is 0 Å². The van der Waals surface area contributed by atoms with E-state index >= 15 is 0 Å². The molecule has 0 heterocycles. The van der Waals surface area contributed by atoms with Gasteiger partial charge in [-0.05, 0) is 26.0 Å². The molecule has 1 rings (SSSR count). The average molecular weight is 207 g/mol. The van der Waals surface area contributed by atoms with Gasteiger partial charge in [-0.1, -0.05) is 18.2 Å². The number of nitrogens with two attached hydrogens (primary N) is 1. The van der Waals surface area contributed by atoms with Crippen LogP contribution in [-0.4, -0.2) is 11.6 Å². The van der Waals surface area contributed by atoms with Crippen LogP contribution in [0.4, 0.5) is 5.69 Å². The minimum atomic E-state index is 0.0835. The number of rotatable bonds is 3. The Balaban J connectivity index is 0.000000262. The van der Waals surface area contributed by atoms with Crippen LogP contribution < -0.4 is 5.73 Å². The summed E-state index contributed by atoms with van der Waals surface area (Å²) in [6, 6.07) is 9.49. The van der Waals surface area contributed by atoms with Crippen LogP contribution in [0.15, 0.2) is 30.3 Å². The summed E-state index contributed by atoms with van der Waals surface area (Å²) in [5.41, 5.74) is 6.18. The van der Waals surface area contributed by atoms with Crippen molar-refractivity contribution in [1.82, 2.24) is 0 Å². The molecule has 0 saturated heterocycles. The first-order chi connectivity index (χ1) is 7.02. The van der Waals surface area contributed by atoms with Crippen molar-refractivity contribution >= 4 is 17.3 Å². The first-order valence-corrected chi connectivity index (χ1v) is 4.81. The van der Waals surface area contributed by atoms with Crippen molar-refractivity contribution in [3.05, 3.63) is 30.3 Å². The number of benzene rings is 1. The molecule has 0 fully saturated rings. The zero-order chi connectivity index (χ0) is 11.7. The zero-order valence-electron chi connectivity index (χ0n) is 9.19. The highest BCUT2D eigenvalue weighted by atomic mass is 16.1. The van der Waals surface area contributed by atoms with Gasteiger partial charge in [-0.15, -0.1) is 0 Å².